The van der Waals surface area contributed by atoms with Crippen molar-refractivity contribution in [2.45, 2.75) is 109 Å². The zero-order valence-electron chi connectivity index (χ0n) is 29.9. The van der Waals surface area contributed by atoms with Gasteiger partial charge in [-0.2, -0.15) is 0 Å². The first-order chi connectivity index (χ1) is 23.0. The smallest absolute Gasteiger partial charge is 0.313 e. The molecular formula is C38H52BrN3O7. The maximum Gasteiger partial charge on any atom is 0.313 e. The van der Waals surface area contributed by atoms with E-state index in [2.05, 4.69) is 36.7 Å². The topological polar surface area (TPSA) is 117 Å². The lowest BCUT2D eigenvalue weighted by Crippen LogP contribution is -2.60. The number of benzene rings is 1. The number of likely N-dealkylation sites (N-methyl/N-ethyl adjacent to an activating group) is 1. The molecule has 0 unspecified atom stereocenters. The van der Waals surface area contributed by atoms with E-state index in [1.165, 1.54) is 0 Å². The molecule has 4 aliphatic rings. The third-order valence-electron chi connectivity index (χ3n) is 10.5. The van der Waals surface area contributed by atoms with E-state index >= 15 is 4.79 Å². The molecular weight excluding hydrogens is 690 g/mol. The molecule has 5 bridgehead atoms. The number of carbonyl (C=O) groups excluding carboxylic acids is 4. The third-order valence-corrected chi connectivity index (χ3v) is 11.2. The summed E-state index contributed by atoms with van der Waals surface area (Å²) in [6.45, 7) is 12.8. The number of aliphatic hydroxyl groups is 1. The number of fused-ring (bicyclic) bond motifs is 2. The Morgan fingerprint density at radius 2 is 1.67 bits per heavy atom. The van der Waals surface area contributed by atoms with Crippen molar-refractivity contribution in [1.29, 1.82) is 0 Å². The Morgan fingerprint density at radius 3 is 2.33 bits per heavy atom. The summed E-state index contributed by atoms with van der Waals surface area (Å²) in [7, 11) is 1.72. The van der Waals surface area contributed by atoms with Crippen molar-refractivity contribution < 1.29 is 33.8 Å². The second-order valence-electron chi connectivity index (χ2n) is 15.8. The molecule has 1 spiro atoms. The Hall–Kier alpha value is -3.02. The molecule has 10 nitrogen and oxygen atoms in total. The number of esters is 1. The van der Waals surface area contributed by atoms with Crippen LogP contribution in [0, 0.1) is 17.3 Å². The van der Waals surface area contributed by atoms with Crippen molar-refractivity contribution >= 4 is 39.6 Å². The van der Waals surface area contributed by atoms with E-state index in [0.717, 1.165) is 5.56 Å². The third kappa shape index (κ3) is 7.13. The highest BCUT2D eigenvalue weighted by Crippen LogP contribution is 2.59. The fourth-order valence-electron chi connectivity index (χ4n) is 8.48. The largest absolute Gasteiger partial charge is 0.455 e. The number of hydrogen-bond donors (Lipinski definition) is 1. The Labute approximate surface area is 299 Å². The summed E-state index contributed by atoms with van der Waals surface area (Å²) >= 11 is 3.64. The summed E-state index contributed by atoms with van der Waals surface area (Å²) in [6, 6.07) is 7.76. The molecule has 268 valence electrons. The van der Waals surface area contributed by atoms with Crippen LogP contribution in [0.25, 0.3) is 0 Å². The predicted octanol–water partition coefficient (Wildman–Crippen LogP) is 5.16. The van der Waals surface area contributed by atoms with Gasteiger partial charge in [-0.05, 0) is 63.5 Å². The number of allylic oxidation sites excluding steroid dienone is 1. The van der Waals surface area contributed by atoms with Gasteiger partial charge < -0.3 is 29.3 Å². The highest BCUT2D eigenvalue weighted by Gasteiger charge is 2.75. The van der Waals surface area contributed by atoms with Gasteiger partial charge in [0.1, 0.15) is 29.8 Å². The minimum absolute atomic E-state index is 0.0419. The van der Waals surface area contributed by atoms with Crippen LogP contribution in [0.15, 0.2) is 53.0 Å². The average molecular weight is 743 g/mol. The average Bonchev–Trinajstić information content (AvgIpc) is 3.62. The van der Waals surface area contributed by atoms with E-state index in [9.17, 15) is 19.5 Å². The molecule has 7 atom stereocenters. The number of unbranched alkanes of at least 4 members (excludes halogenated alkanes) is 1. The molecule has 2 saturated heterocycles. The fraction of sp³-hybridized carbons (Fsp3) is 0.632. The van der Waals surface area contributed by atoms with Crippen LogP contribution in [-0.2, 0) is 28.7 Å². The van der Waals surface area contributed by atoms with E-state index in [1.807, 2.05) is 74.2 Å². The number of amides is 3. The highest BCUT2D eigenvalue weighted by atomic mass is 79.9. The first kappa shape index (κ1) is 37.2. The van der Waals surface area contributed by atoms with Crippen LogP contribution in [0.1, 0.15) is 85.3 Å². The van der Waals surface area contributed by atoms with Crippen molar-refractivity contribution in [2.24, 2.45) is 17.3 Å². The SMILES string of the molecule is C[C@@H]1[C@@H](c2ccccc2)OC(=O)[C@@H]2[C@H]3O[C@@]4(C=C3Br)[C@H](C(=O)N(C(C)(C)CC(C)(C)C)C/C=C\CCC(=O)N1C)N(CCCCO)C(=O)[C@@H]24. The van der Waals surface area contributed by atoms with Crippen LogP contribution in [0.4, 0.5) is 0 Å². The van der Waals surface area contributed by atoms with Gasteiger partial charge in [-0.3, -0.25) is 19.2 Å². The van der Waals surface area contributed by atoms with Gasteiger partial charge in [0.05, 0.1) is 12.0 Å². The zero-order valence-corrected chi connectivity index (χ0v) is 31.4. The molecule has 4 aliphatic heterocycles. The van der Waals surface area contributed by atoms with E-state index in [0.29, 0.717) is 30.2 Å². The van der Waals surface area contributed by atoms with Gasteiger partial charge in [-0.25, -0.2) is 0 Å². The summed E-state index contributed by atoms with van der Waals surface area (Å²) in [4.78, 5) is 62.7. The lowest BCUT2D eigenvalue weighted by Gasteiger charge is -2.45. The molecule has 3 amide bonds. The van der Waals surface area contributed by atoms with Gasteiger partial charge in [-0.15, -0.1) is 0 Å². The zero-order chi connectivity index (χ0) is 35.9. The summed E-state index contributed by atoms with van der Waals surface area (Å²) in [5.41, 5.74) is -1.41. The molecule has 2 fully saturated rings. The quantitative estimate of drug-likeness (QED) is 0.233. The number of ether oxygens (including phenoxy) is 2. The second kappa shape index (κ2) is 14.3. The van der Waals surface area contributed by atoms with Crippen LogP contribution in [0.5, 0.6) is 0 Å². The standard InChI is InChI=1S/C38H52BrN3O7/c1-24-30(25-16-10-8-11-17-25)48-35(47)28-29-33(45)41(19-14-15-21-43)32(38(29)22-26(39)31(28)49-38)34(46)42(37(5,6)23-36(2,3)4)20-13-9-12-18-27(44)40(24)7/h8-11,13,16-17,22,24,28-32,43H,12,14-15,18-21,23H2,1-7H3/b13-9-/t24-,28+,29-,30+,31+,32+,38-/m1/s1. The number of cyclic esters (lactones) is 1. The van der Waals surface area contributed by atoms with Gasteiger partial charge in [0.15, 0.2) is 0 Å². The molecule has 0 aliphatic carbocycles. The van der Waals surface area contributed by atoms with Crippen LogP contribution in [0.2, 0.25) is 0 Å². The predicted molar refractivity (Wildman–Crippen MR) is 189 cm³/mol. The Morgan fingerprint density at radius 1 is 0.980 bits per heavy atom. The summed E-state index contributed by atoms with van der Waals surface area (Å²) < 4.78 is 13.6. The fourth-order valence-corrected chi connectivity index (χ4v) is 9.21. The Balaban J connectivity index is 1.65. The van der Waals surface area contributed by atoms with Gasteiger partial charge in [0.2, 0.25) is 17.7 Å². The minimum Gasteiger partial charge on any atom is -0.455 e. The number of hydrogen-bond acceptors (Lipinski definition) is 7. The maximum atomic E-state index is 15.2. The van der Waals surface area contributed by atoms with E-state index < -0.39 is 53.2 Å². The van der Waals surface area contributed by atoms with Crippen molar-refractivity contribution in [3.63, 3.8) is 0 Å². The van der Waals surface area contributed by atoms with Gasteiger partial charge in [-0.1, -0.05) is 79.2 Å². The molecule has 1 aromatic carbocycles. The van der Waals surface area contributed by atoms with E-state index in [1.54, 1.807) is 16.8 Å². The molecule has 11 heteroatoms. The first-order valence-electron chi connectivity index (χ1n) is 17.5. The van der Waals surface area contributed by atoms with Crippen molar-refractivity contribution in [3.05, 3.63) is 58.6 Å². The molecule has 49 heavy (non-hydrogen) atoms. The monoisotopic (exact) mass is 741 g/mol. The number of rotatable bonds is 7. The Kier molecular flexibility index (Phi) is 10.9. The summed E-state index contributed by atoms with van der Waals surface area (Å²) in [6.07, 6.45) is 6.41. The summed E-state index contributed by atoms with van der Waals surface area (Å²) in [5, 5.41) is 9.59. The van der Waals surface area contributed by atoms with Crippen LogP contribution in [-0.4, -0.2) is 99.6 Å². The minimum atomic E-state index is -1.39. The molecule has 1 aromatic rings. The van der Waals surface area contributed by atoms with Gasteiger partial charge in [0.25, 0.3) is 0 Å². The maximum absolute atomic E-state index is 15.2. The molecule has 0 radical (unpaired) electrons. The first-order valence-corrected chi connectivity index (χ1v) is 18.3. The number of aliphatic hydroxyl groups excluding tert-OH is 1. The van der Waals surface area contributed by atoms with Crippen molar-refractivity contribution in [3.8, 4) is 0 Å². The van der Waals surface area contributed by atoms with Crippen LogP contribution >= 0.6 is 15.9 Å². The molecule has 0 saturated carbocycles. The lowest BCUT2D eigenvalue weighted by molar-refractivity contribution is -0.164. The van der Waals surface area contributed by atoms with E-state index in [4.69, 9.17) is 9.47 Å². The van der Waals surface area contributed by atoms with Gasteiger partial charge >= 0.3 is 5.97 Å². The molecule has 0 aromatic heterocycles. The number of likely N-dealkylation sites (tertiary alicyclic amines) is 1. The normalized spacial score (nSPS) is 32.0. The van der Waals surface area contributed by atoms with Crippen molar-refractivity contribution in [2.75, 3.05) is 26.7 Å². The van der Waals surface area contributed by atoms with E-state index in [-0.39, 0.29) is 49.3 Å². The molecule has 1 N–H and O–H groups in total. The Bertz CT molecular complexity index is 1490. The number of carbonyl (C=O) groups is 4. The molecule has 4 heterocycles. The number of halogens is 1. The van der Waals surface area contributed by atoms with Crippen LogP contribution < -0.4 is 0 Å². The van der Waals surface area contributed by atoms with Crippen molar-refractivity contribution in [1.82, 2.24) is 14.7 Å². The second-order valence-corrected chi connectivity index (χ2v) is 16.7. The van der Waals surface area contributed by atoms with Gasteiger partial charge in [0, 0.05) is 43.2 Å². The number of nitrogens with zero attached hydrogens (tertiary/aromatic N) is 3. The lowest BCUT2D eigenvalue weighted by atomic mass is 9.74. The summed E-state index contributed by atoms with van der Waals surface area (Å²) in [5.74, 6) is -3.31. The molecule has 5 rings (SSSR count). The van der Waals surface area contributed by atoms with Crippen LogP contribution in [0.3, 0.4) is 0 Å². The highest BCUT2D eigenvalue weighted by molar-refractivity contribution is 9.11.